The number of carbonyl (C=O) groups is 1. The first-order valence-electron chi connectivity index (χ1n) is 7.22. The van der Waals surface area contributed by atoms with E-state index in [-0.39, 0.29) is 11.9 Å². The number of rotatable bonds is 3. The van der Waals surface area contributed by atoms with Gasteiger partial charge in [0.15, 0.2) is 0 Å². The number of amides is 1. The maximum absolute atomic E-state index is 12.9. The number of nitrogens with zero attached hydrogens (tertiary/aromatic N) is 3. The Kier molecular flexibility index (Phi) is 4.11. The Morgan fingerprint density at radius 2 is 2.14 bits per heavy atom. The molecule has 1 amide bonds. The molecule has 1 aliphatic rings. The average Bonchev–Trinajstić information content (AvgIpc) is 2.95. The summed E-state index contributed by atoms with van der Waals surface area (Å²) in [5, 5.41) is 4.11. The van der Waals surface area contributed by atoms with E-state index in [1.54, 1.807) is 25.0 Å². The van der Waals surface area contributed by atoms with Crippen molar-refractivity contribution in [3.63, 3.8) is 0 Å². The van der Waals surface area contributed by atoms with Gasteiger partial charge in [-0.3, -0.25) is 4.79 Å². The molecule has 1 aliphatic heterocycles. The molecule has 2 heterocycles. The highest BCUT2D eigenvalue weighted by Gasteiger charge is 2.31. The number of methoxy groups -OCH3 is 1. The predicted octanol–water partition coefficient (Wildman–Crippen LogP) is 1.64. The van der Waals surface area contributed by atoms with Crippen LogP contribution >= 0.6 is 0 Å². The highest BCUT2D eigenvalue weighted by atomic mass is 16.5. The zero-order valence-electron chi connectivity index (χ0n) is 12.7. The summed E-state index contributed by atoms with van der Waals surface area (Å²) in [4.78, 5) is 14.7. The second-order valence-electron chi connectivity index (χ2n) is 5.19. The number of aromatic nitrogens is 2. The Labute approximate surface area is 129 Å². The van der Waals surface area contributed by atoms with E-state index in [0.29, 0.717) is 31.2 Å². The van der Waals surface area contributed by atoms with E-state index < -0.39 is 0 Å². The smallest absolute Gasteiger partial charge is 0.261 e. The highest BCUT2D eigenvalue weighted by molar-refractivity contribution is 5.96. The fraction of sp³-hybridized carbons (Fsp3) is 0.375. The molecule has 116 valence electrons. The van der Waals surface area contributed by atoms with E-state index in [1.165, 1.54) is 0 Å². The van der Waals surface area contributed by atoms with Crippen LogP contribution in [0.2, 0.25) is 0 Å². The van der Waals surface area contributed by atoms with Crippen LogP contribution in [0.5, 0.6) is 5.88 Å². The summed E-state index contributed by atoms with van der Waals surface area (Å²) < 4.78 is 12.4. The molecule has 1 atom stereocenters. The summed E-state index contributed by atoms with van der Waals surface area (Å²) in [6.45, 7) is 1.59. The minimum absolute atomic E-state index is 0.0814. The SMILES string of the molecule is COc1c(C(=O)N2CCOCC2c2ccccc2)cnn1C. The summed E-state index contributed by atoms with van der Waals surface area (Å²) in [6, 6.07) is 9.84. The van der Waals surface area contributed by atoms with E-state index in [4.69, 9.17) is 9.47 Å². The van der Waals surface area contributed by atoms with Gasteiger partial charge in [0.1, 0.15) is 5.56 Å². The maximum atomic E-state index is 12.9. The third-order valence-electron chi connectivity index (χ3n) is 3.88. The van der Waals surface area contributed by atoms with Gasteiger partial charge < -0.3 is 14.4 Å². The Hall–Kier alpha value is -2.34. The van der Waals surface area contributed by atoms with Crippen molar-refractivity contribution in [3.05, 3.63) is 47.7 Å². The van der Waals surface area contributed by atoms with Gasteiger partial charge in [-0.05, 0) is 5.56 Å². The van der Waals surface area contributed by atoms with Crippen molar-refractivity contribution in [1.82, 2.24) is 14.7 Å². The highest BCUT2D eigenvalue weighted by Crippen LogP contribution is 2.28. The number of benzene rings is 1. The van der Waals surface area contributed by atoms with Gasteiger partial charge in [0, 0.05) is 13.6 Å². The Bertz CT molecular complexity index is 654. The van der Waals surface area contributed by atoms with E-state index in [1.807, 2.05) is 35.2 Å². The maximum Gasteiger partial charge on any atom is 0.261 e. The number of hydrogen-bond acceptors (Lipinski definition) is 4. The topological polar surface area (TPSA) is 56.6 Å². The van der Waals surface area contributed by atoms with Crippen molar-refractivity contribution in [2.45, 2.75) is 6.04 Å². The lowest BCUT2D eigenvalue weighted by atomic mass is 10.0. The van der Waals surface area contributed by atoms with Gasteiger partial charge in [-0.15, -0.1) is 0 Å². The molecule has 1 fully saturated rings. The van der Waals surface area contributed by atoms with Crippen LogP contribution in [-0.4, -0.2) is 47.5 Å². The van der Waals surface area contributed by atoms with Gasteiger partial charge >= 0.3 is 0 Å². The van der Waals surface area contributed by atoms with Crippen LogP contribution in [0, 0.1) is 0 Å². The van der Waals surface area contributed by atoms with Crippen molar-refractivity contribution in [2.24, 2.45) is 7.05 Å². The minimum atomic E-state index is -0.0904. The molecule has 0 bridgehead atoms. The van der Waals surface area contributed by atoms with E-state index in [9.17, 15) is 4.79 Å². The lowest BCUT2D eigenvalue weighted by Gasteiger charge is -2.35. The lowest BCUT2D eigenvalue weighted by Crippen LogP contribution is -2.43. The normalized spacial score (nSPS) is 18.3. The fourth-order valence-corrected chi connectivity index (χ4v) is 2.77. The van der Waals surface area contributed by atoms with Crippen LogP contribution in [0.4, 0.5) is 0 Å². The minimum Gasteiger partial charge on any atom is -0.481 e. The molecule has 1 unspecified atom stereocenters. The summed E-state index contributed by atoms with van der Waals surface area (Å²) in [5.41, 5.74) is 1.55. The zero-order chi connectivity index (χ0) is 15.5. The molecule has 6 heteroatoms. The molecular weight excluding hydrogens is 282 g/mol. The molecule has 22 heavy (non-hydrogen) atoms. The summed E-state index contributed by atoms with van der Waals surface area (Å²) in [5.74, 6) is 0.394. The fourth-order valence-electron chi connectivity index (χ4n) is 2.77. The standard InChI is InChI=1S/C16H19N3O3/c1-18-16(21-2)13(10-17-18)15(20)19-8-9-22-11-14(19)12-6-4-3-5-7-12/h3-7,10,14H,8-9,11H2,1-2H3. The second-order valence-corrected chi connectivity index (χ2v) is 5.19. The third-order valence-corrected chi connectivity index (χ3v) is 3.88. The van der Waals surface area contributed by atoms with Crippen molar-refractivity contribution in [3.8, 4) is 5.88 Å². The van der Waals surface area contributed by atoms with Crippen LogP contribution in [0.1, 0.15) is 22.0 Å². The van der Waals surface area contributed by atoms with Gasteiger partial charge in [0.25, 0.3) is 5.91 Å². The second kappa shape index (κ2) is 6.19. The molecule has 1 aromatic carbocycles. The van der Waals surface area contributed by atoms with Crippen LogP contribution in [-0.2, 0) is 11.8 Å². The number of hydrogen-bond donors (Lipinski definition) is 0. The van der Waals surface area contributed by atoms with Gasteiger partial charge in [0.05, 0.1) is 32.6 Å². The average molecular weight is 301 g/mol. The van der Waals surface area contributed by atoms with Crippen molar-refractivity contribution in [1.29, 1.82) is 0 Å². The van der Waals surface area contributed by atoms with Crippen molar-refractivity contribution in [2.75, 3.05) is 26.9 Å². The first-order valence-corrected chi connectivity index (χ1v) is 7.22. The molecule has 3 rings (SSSR count). The Balaban J connectivity index is 1.92. The summed E-state index contributed by atoms with van der Waals surface area (Å²) in [6.07, 6.45) is 1.55. The number of aryl methyl sites for hydroxylation is 1. The third kappa shape index (κ3) is 2.57. The predicted molar refractivity (Wildman–Crippen MR) is 80.8 cm³/mol. The van der Waals surface area contributed by atoms with Gasteiger partial charge in [-0.1, -0.05) is 30.3 Å². The molecular formula is C16H19N3O3. The van der Waals surface area contributed by atoms with Crippen molar-refractivity contribution < 1.29 is 14.3 Å². The van der Waals surface area contributed by atoms with Gasteiger partial charge in [0.2, 0.25) is 5.88 Å². The monoisotopic (exact) mass is 301 g/mol. The molecule has 2 aromatic rings. The zero-order valence-corrected chi connectivity index (χ0v) is 12.7. The van der Waals surface area contributed by atoms with Gasteiger partial charge in [-0.25, -0.2) is 4.68 Å². The Morgan fingerprint density at radius 3 is 2.86 bits per heavy atom. The number of carbonyl (C=O) groups excluding carboxylic acids is 1. The largest absolute Gasteiger partial charge is 0.481 e. The van der Waals surface area contributed by atoms with E-state index in [0.717, 1.165) is 5.56 Å². The molecule has 6 nitrogen and oxygen atoms in total. The molecule has 0 aliphatic carbocycles. The summed E-state index contributed by atoms with van der Waals surface area (Å²) in [7, 11) is 3.30. The van der Waals surface area contributed by atoms with Crippen LogP contribution in [0.25, 0.3) is 0 Å². The van der Waals surface area contributed by atoms with Crippen LogP contribution in [0.15, 0.2) is 36.5 Å². The molecule has 1 aromatic heterocycles. The molecule has 0 saturated carbocycles. The van der Waals surface area contributed by atoms with Gasteiger partial charge in [-0.2, -0.15) is 5.10 Å². The molecule has 1 saturated heterocycles. The molecule has 0 N–H and O–H groups in total. The Morgan fingerprint density at radius 1 is 1.36 bits per heavy atom. The van der Waals surface area contributed by atoms with Crippen LogP contribution < -0.4 is 4.74 Å². The molecule has 0 spiro atoms. The van der Waals surface area contributed by atoms with Crippen LogP contribution in [0.3, 0.4) is 0 Å². The number of ether oxygens (including phenoxy) is 2. The first kappa shape index (κ1) is 14.6. The summed E-state index contributed by atoms with van der Waals surface area (Å²) >= 11 is 0. The molecule has 0 radical (unpaired) electrons. The van der Waals surface area contributed by atoms with Crippen molar-refractivity contribution >= 4 is 5.91 Å². The first-order chi connectivity index (χ1) is 10.7. The number of morpholine rings is 1. The van der Waals surface area contributed by atoms with E-state index >= 15 is 0 Å². The lowest BCUT2D eigenvalue weighted by molar-refractivity contribution is -0.00285. The van der Waals surface area contributed by atoms with E-state index in [2.05, 4.69) is 5.10 Å². The quantitative estimate of drug-likeness (QED) is 0.865.